The van der Waals surface area contributed by atoms with Gasteiger partial charge in [-0.15, -0.1) is 0 Å². The van der Waals surface area contributed by atoms with Gasteiger partial charge in [-0.2, -0.15) is 0 Å². The summed E-state index contributed by atoms with van der Waals surface area (Å²) in [6.07, 6.45) is 2.45. The minimum Gasteiger partial charge on any atom is -0.497 e. The Labute approximate surface area is 127 Å². The molecule has 0 saturated carbocycles. The Balaban J connectivity index is 1.97. The van der Waals surface area contributed by atoms with Crippen molar-refractivity contribution in [3.05, 3.63) is 28.8 Å². The molecule has 4 nitrogen and oxygen atoms in total. The third kappa shape index (κ3) is 4.21. The summed E-state index contributed by atoms with van der Waals surface area (Å²) in [5.41, 5.74) is 3.69. The lowest BCUT2D eigenvalue weighted by Gasteiger charge is -2.20. The van der Waals surface area contributed by atoms with Gasteiger partial charge in [0.05, 0.1) is 7.11 Å². The van der Waals surface area contributed by atoms with Crippen LogP contribution in [0.15, 0.2) is 12.1 Å². The molecule has 1 fully saturated rings. The SMILES string of the molecule is COc1cc(C)c(CCC(=O)N2CCCNCC2)c(C)c1. The van der Waals surface area contributed by atoms with Crippen molar-refractivity contribution in [2.75, 3.05) is 33.3 Å². The number of methoxy groups -OCH3 is 1. The number of amides is 1. The van der Waals surface area contributed by atoms with Crippen molar-refractivity contribution in [1.29, 1.82) is 0 Å². The molecule has 0 bridgehead atoms. The third-order valence-corrected chi connectivity index (χ3v) is 4.19. The Kier molecular flexibility index (Phi) is 5.62. The zero-order valence-corrected chi connectivity index (χ0v) is 13.4. The highest BCUT2D eigenvalue weighted by atomic mass is 16.5. The van der Waals surface area contributed by atoms with E-state index >= 15 is 0 Å². The van der Waals surface area contributed by atoms with Gasteiger partial charge < -0.3 is 15.0 Å². The summed E-state index contributed by atoms with van der Waals surface area (Å²) in [7, 11) is 1.69. The molecule has 4 heteroatoms. The smallest absolute Gasteiger partial charge is 0.222 e. The zero-order chi connectivity index (χ0) is 15.2. The third-order valence-electron chi connectivity index (χ3n) is 4.19. The fraction of sp³-hybridized carbons (Fsp3) is 0.588. The lowest BCUT2D eigenvalue weighted by Crippen LogP contribution is -2.34. The summed E-state index contributed by atoms with van der Waals surface area (Å²) < 4.78 is 5.28. The van der Waals surface area contributed by atoms with E-state index in [2.05, 4.69) is 19.2 Å². The molecule has 0 aromatic heterocycles. The van der Waals surface area contributed by atoms with Gasteiger partial charge in [0.25, 0.3) is 0 Å². The van der Waals surface area contributed by atoms with Crippen molar-refractivity contribution in [2.24, 2.45) is 0 Å². The molecule has 1 saturated heterocycles. The fourth-order valence-electron chi connectivity index (χ4n) is 2.95. The van der Waals surface area contributed by atoms with Gasteiger partial charge in [0.15, 0.2) is 0 Å². The molecule has 0 radical (unpaired) electrons. The van der Waals surface area contributed by atoms with Gasteiger partial charge in [-0.05, 0) is 62.1 Å². The van der Waals surface area contributed by atoms with Crippen LogP contribution in [0.25, 0.3) is 0 Å². The number of carbonyl (C=O) groups is 1. The highest BCUT2D eigenvalue weighted by Gasteiger charge is 2.16. The first-order valence-electron chi connectivity index (χ1n) is 7.74. The molecule has 2 rings (SSSR count). The molecular formula is C17H26N2O2. The van der Waals surface area contributed by atoms with E-state index in [1.807, 2.05) is 17.0 Å². The van der Waals surface area contributed by atoms with E-state index in [0.29, 0.717) is 6.42 Å². The highest BCUT2D eigenvalue weighted by Crippen LogP contribution is 2.23. The van der Waals surface area contributed by atoms with Gasteiger partial charge in [0, 0.05) is 26.1 Å². The van der Waals surface area contributed by atoms with E-state index in [9.17, 15) is 4.79 Å². The van der Waals surface area contributed by atoms with Crippen LogP contribution in [0, 0.1) is 13.8 Å². The van der Waals surface area contributed by atoms with E-state index < -0.39 is 0 Å². The van der Waals surface area contributed by atoms with Gasteiger partial charge >= 0.3 is 0 Å². The van der Waals surface area contributed by atoms with Gasteiger partial charge in [-0.1, -0.05) is 0 Å². The number of nitrogens with zero attached hydrogens (tertiary/aromatic N) is 1. The monoisotopic (exact) mass is 290 g/mol. The molecule has 1 aliphatic rings. The molecule has 1 aromatic rings. The van der Waals surface area contributed by atoms with Crippen LogP contribution in [0.2, 0.25) is 0 Å². The van der Waals surface area contributed by atoms with E-state index in [-0.39, 0.29) is 5.91 Å². The topological polar surface area (TPSA) is 41.6 Å². The van der Waals surface area contributed by atoms with Crippen LogP contribution in [-0.4, -0.2) is 44.1 Å². The number of nitrogens with one attached hydrogen (secondary N) is 1. The number of aryl methyl sites for hydroxylation is 2. The molecule has 21 heavy (non-hydrogen) atoms. The Bertz CT molecular complexity index is 469. The molecule has 1 aromatic carbocycles. The Morgan fingerprint density at radius 2 is 1.95 bits per heavy atom. The van der Waals surface area contributed by atoms with Crippen molar-refractivity contribution in [2.45, 2.75) is 33.1 Å². The van der Waals surface area contributed by atoms with Crippen molar-refractivity contribution in [1.82, 2.24) is 10.2 Å². The number of hydrogen-bond acceptors (Lipinski definition) is 3. The largest absolute Gasteiger partial charge is 0.497 e. The average Bonchev–Trinajstić information content (AvgIpc) is 2.75. The maximum Gasteiger partial charge on any atom is 0.222 e. The number of rotatable bonds is 4. The summed E-state index contributed by atoms with van der Waals surface area (Å²) in [5, 5.41) is 3.33. The predicted molar refractivity (Wildman–Crippen MR) is 84.9 cm³/mol. The molecule has 1 heterocycles. The van der Waals surface area contributed by atoms with Crippen LogP contribution in [0.3, 0.4) is 0 Å². The molecule has 0 unspecified atom stereocenters. The first-order chi connectivity index (χ1) is 10.1. The second-order valence-electron chi connectivity index (χ2n) is 5.72. The standard InChI is InChI=1S/C17H26N2O2/c1-13-11-15(21-3)12-14(2)16(13)5-6-17(20)19-9-4-7-18-8-10-19/h11-12,18H,4-10H2,1-3H3. The maximum atomic E-state index is 12.3. The number of hydrogen-bond donors (Lipinski definition) is 1. The number of benzene rings is 1. The average molecular weight is 290 g/mol. The van der Waals surface area contributed by atoms with Crippen LogP contribution in [0.1, 0.15) is 29.5 Å². The van der Waals surface area contributed by atoms with Crippen molar-refractivity contribution >= 4 is 5.91 Å². The first kappa shape index (κ1) is 15.8. The molecule has 1 amide bonds. The normalized spacial score (nSPS) is 15.7. The number of carbonyl (C=O) groups excluding carboxylic acids is 1. The molecular weight excluding hydrogens is 264 g/mol. The minimum absolute atomic E-state index is 0.272. The van der Waals surface area contributed by atoms with Gasteiger partial charge in [-0.3, -0.25) is 4.79 Å². The molecule has 1 N–H and O–H groups in total. The second kappa shape index (κ2) is 7.46. The van der Waals surface area contributed by atoms with Crippen LogP contribution in [0.5, 0.6) is 5.75 Å². The Morgan fingerprint density at radius 1 is 1.24 bits per heavy atom. The molecule has 0 aliphatic carbocycles. The van der Waals surface area contributed by atoms with E-state index in [1.54, 1.807) is 7.11 Å². The van der Waals surface area contributed by atoms with Gasteiger partial charge in [-0.25, -0.2) is 0 Å². The lowest BCUT2D eigenvalue weighted by molar-refractivity contribution is -0.130. The second-order valence-corrected chi connectivity index (χ2v) is 5.72. The Hall–Kier alpha value is -1.55. The fourth-order valence-corrected chi connectivity index (χ4v) is 2.95. The van der Waals surface area contributed by atoms with E-state index in [0.717, 1.165) is 44.8 Å². The van der Waals surface area contributed by atoms with Crippen molar-refractivity contribution in [3.8, 4) is 5.75 Å². The summed E-state index contributed by atoms with van der Waals surface area (Å²) in [4.78, 5) is 14.3. The van der Waals surface area contributed by atoms with E-state index in [1.165, 1.54) is 16.7 Å². The zero-order valence-electron chi connectivity index (χ0n) is 13.4. The first-order valence-corrected chi connectivity index (χ1v) is 7.74. The Morgan fingerprint density at radius 3 is 2.62 bits per heavy atom. The molecule has 0 spiro atoms. The summed E-state index contributed by atoms with van der Waals surface area (Å²) in [5.74, 6) is 1.16. The number of ether oxygens (including phenoxy) is 1. The van der Waals surface area contributed by atoms with Gasteiger partial charge in [0.2, 0.25) is 5.91 Å². The summed E-state index contributed by atoms with van der Waals surface area (Å²) >= 11 is 0. The van der Waals surface area contributed by atoms with Gasteiger partial charge in [0.1, 0.15) is 5.75 Å². The minimum atomic E-state index is 0.272. The van der Waals surface area contributed by atoms with Crippen molar-refractivity contribution in [3.63, 3.8) is 0 Å². The summed E-state index contributed by atoms with van der Waals surface area (Å²) in [6, 6.07) is 4.09. The van der Waals surface area contributed by atoms with Crippen LogP contribution < -0.4 is 10.1 Å². The molecule has 1 aliphatic heterocycles. The quantitative estimate of drug-likeness (QED) is 0.923. The highest BCUT2D eigenvalue weighted by molar-refractivity contribution is 5.76. The van der Waals surface area contributed by atoms with Crippen LogP contribution in [0.4, 0.5) is 0 Å². The molecule has 0 atom stereocenters. The van der Waals surface area contributed by atoms with Crippen LogP contribution >= 0.6 is 0 Å². The summed E-state index contributed by atoms with van der Waals surface area (Å²) in [6.45, 7) is 7.81. The lowest BCUT2D eigenvalue weighted by atomic mass is 9.98. The van der Waals surface area contributed by atoms with Crippen molar-refractivity contribution < 1.29 is 9.53 Å². The van der Waals surface area contributed by atoms with E-state index in [4.69, 9.17) is 4.74 Å². The van der Waals surface area contributed by atoms with Crippen LogP contribution in [-0.2, 0) is 11.2 Å². The molecule has 116 valence electrons. The predicted octanol–water partition coefficient (Wildman–Crippen LogP) is 2.07. The maximum absolute atomic E-state index is 12.3.